The monoisotopic (exact) mass is 140 g/mol. The molecule has 0 aliphatic carbocycles. The zero-order valence-corrected chi connectivity index (χ0v) is 6.29. The van der Waals surface area contributed by atoms with Crippen molar-refractivity contribution < 1.29 is 4.74 Å². The van der Waals surface area contributed by atoms with Gasteiger partial charge in [-0.15, -0.1) is 0 Å². The van der Waals surface area contributed by atoms with E-state index in [4.69, 9.17) is 10.1 Å². The molecular formula is C7H12N2O. The SMILES string of the molecule is CC1CO/C(=C\C=N)N1C. The fraction of sp³-hybridized carbons (Fsp3) is 0.571. The second kappa shape index (κ2) is 2.73. The first-order valence-corrected chi connectivity index (χ1v) is 3.32. The van der Waals surface area contributed by atoms with Crippen LogP contribution >= 0.6 is 0 Å². The van der Waals surface area contributed by atoms with E-state index in [0.717, 1.165) is 12.5 Å². The number of nitrogens with zero attached hydrogens (tertiary/aromatic N) is 1. The van der Waals surface area contributed by atoms with Crippen molar-refractivity contribution in [1.29, 1.82) is 5.41 Å². The molecular weight excluding hydrogens is 128 g/mol. The Morgan fingerprint density at radius 2 is 2.50 bits per heavy atom. The fourth-order valence-corrected chi connectivity index (χ4v) is 0.874. The highest BCUT2D eigenvalue weighted by molar-refractivity contribution is 5.68. The molecule has 1 atom stereocenters. The number of hydrogen-bond donors (Lipinski definition) is 1. The molecule has 1 heterocycles. The topological polar surface area (TPSA) is 36.3 Å². The van der Waals surface area contributed by atoms with E-state index in [2.05, 4.69) is 6.92 Å². The fourth-order valence-electron chi connectivity index (χ4n) is 0.874. The Morgan fingerprint density at radius 3 is 2.90 bits per heavy atom. The first-order valence-electron chi connectivity index (χ1n) is 3.32. The predicted molar refractivity (Wildman–Crippen MR) is 40.0 cm³/mol. The molecule has 10 heavy (non-hydrogen) atoms. The minimum absolute atomic E-state index is 0.436. The van der Waals surface area contributed by atoms with Crippen LogP contribution in [0.1, 0.15) is 6.92 Å². The standard InChI is InChI=1S/C7H12N2O/c1-6-5-10-7(3-4-8)9(6)2/h3-4,6,8H,5H2,1-2H3/b7-3-,8-4?. The van der Waals surface area contributed by atoms with Gasteiger partial charge in [0.2, 0.25) is 0 Å². The highest BCUT2D eigenvalue weighted by Gasteiger charge is 2.20. The summed E-state index contributed by atoms with van der Waals surface area (Å²) in [7, 11) is 1.97. The first kappa shape index (κ1) is 7.12. The largest absolute Gasteiger partial charge is 0.477 e. The summed E-state index contributed by atoms with van der Waals surface area (Å²) in [6, 6.07) is 0.436. The molecule has 56 valence electrons. The minimum atomic E-state index is 0.436. The van der Waals surface area contributed by atoms with Crippen molar-refractivity contribution >= 4 is 6.21 Å². The number of hydrogen-bond acceptors (Lipinski definition) is 3. The number of allylic oxidation sites excluding steroid dienone is 1. The van der Waals surface area contributed by atoms with Crippen LogP contribution in [0.3, 0.4) is 0 Å². The molecule has 1 saturated heterocycles. The summed E-state index contributed by atoms with van der Waals surface area (Å²) in [5.41, 5.74) is 0. The van der Waals surface area contributed by atoms with Gasteiger partial charge in [-0.25, -0.2) is 0 Å². The number of rotatable bonds is 1. The van der Waals surface area contributed by atoms with Gasteiger partial charge in [-0.3, -0.25) is 0 Å². The van der Waals surface area contributed by atoms with E-state index in [1.807, 2.05) is 11.9 Å². The van der Waals surface area contributed by atoms with E-state index in [9.17, 15) is 0 Å². The van der Waals surface area contributed by atoms with Crippen molar-refractivity contribution in [2.75, 3.05) is 13.7 Å². The van der Waals surface area contributed by atoms with Crippen molar-refractivity contribution in [1.82, 2.24) is 4.90 Å². The molecule has 0 aromatic rings. The molecule has 1 rings (SSSR count). The lowest BCUT2D eigenvalue weighted by molar-refractivity contribution is 0.244. The van der Waals surface area contributed by atoms with Crippen molar-refractivity contribution in [3.05, 3.63) is 12.0 Å². The van der Waals surface area contributed by atoms with Crippen molar-refractivity contribution in [2.45, 2.75) is 13.0 Å². The van der Waals surface area contributed by atoms with E-state index in [-0.39, 0.29) is 0 Å². The van der Waals surface area contributed by atoms with Crippen LogP contribution in [0.15, 0.2) is 12.0 Å². The Bertz CT molecular complexity index is 165. The molecule has 0 spiro atoms. The maximum absolute atomic E-state index is 6.82. The maximum Gasteiger partial charge on any atom is 0.190 e. The molecule has 1 unspecified atom stereocenters. The van der Waals surface area contributed by atoms with Crippen LogP contribution in [0.5, 0.6) is 0 Å². The van der Waals surface area contributed by atoms with Gasteiger partial charge >= 0.3 is 0 Å². The average Bonchev–Trinajstić information content (AvgIpc) is 2.20. The summed E-state index contributed by atoms with van der Waals surface area (Å²) in [6.45, 7) is 2.82. The van der Waals surface area contributed by atoms with Gasteiger partial charge in [-0.05, 0) is 6.92 Å². The van der Waals surface area contributed by atoms with Crippen molar-refractivity contribution in [3.63, 3.8) is 0 Å². The van der Waals surface area contributed by atoms with Gasteiger partial charge in [-0.1, -0.05) is 0 Å². The Kier molecular flexibility index (Phi) is 1.94. The molecule has 0 saturated carbocycles. The lowest BCUT2D eigenvalue weighted by atomic mass is 10.3. The highest BCUT2D eigenvalue weighted by Crippen LogP contribution is 2.16. The highest BCUT2D eigenvalue weighted by atomic mass is 16.5. The predicted octanol–water partition coefficient (Wildman–Crippen LogP) is 0.828. The summed E-state index contributed by atoms with van der Waals surface area (Å²) in [6.07, 6.45) is 2.90. The second-order valence-corrected chi connectivity index (χ2v) is 2.44. The molecule has 3 heteroatoms. The van der Waals surface area contributed by atoms with Gasteiger partial charge in [0.25, 0.3) is 0 Å². The van der Waals surface area contributed by atoms with E-state index >= 15 is 0 Å². The third kappa shape index (κ3) is 1.12. The Balaban J connectivity index is 2.65. The summed E-state index contributed by atoms with van der Waals surface area (Å²) >= 11 is 0. The minimum Gasteiger partial charge on any atom is -0.477 e. The smallest absolute Gasteiger partial charge is 0.190 e. The van der Waals surface area contributed by atoms with Crippen molar-refractivity contribution in [3.8, 4) is 0 Å². The summed E-state index contributed by atoms with van der Waals surface area (Å²) < 4.78 is 5.25. The molecule has 1 N–H and O–H groups in total. The Hall–Kier alpha value is -0.990. The maximum atomic E-state index is 6.82. The van der Waals surface area contributed by atoms with Crippen LogP contribution in [0.4, 0.5) is 0 Å². The van der Waals surface area contributed by atoms with Gasteiger partial charge in [0, 0.05) is 19.3 Å². The lowest BCUT2D eigenvalue weighted by Gasteiger charge is -2.13. The van der Waals surface area contributed by atoms with Gasteiger partial charge < -0.3 is 15.0 Å². The molecule has 1 aliphatic heterocycles. The van der Waals surface area contributed by atoms with Crippen LogP contribution in [0.2, 0.25) is 0 Å². The van der Waals surface area contributed by atoms with Gasteiger partial charge in [0.15, 0.2) is 5.88 Å². The van der Waals surface area contributed by atoms with E-state index < -0.39 is 0 Å². The third-order valence-corrected chi connectivity index (χ3v) is 1.71. The number of likely N-dealkylation sites (N-methyl/N-ethyl adjacent to an activating group) is 1. The number of nitrogens with one attached hydrogen (secondary N) is 1. The third-order valence-electron chi connectivity index (χ3n) is 1.71. The quantitative estimate of drug-likeness (QED) is 0.547. The summed E-state index contributed by atoms with van der Waals surface area (Å²) in [5.74, 6) is 0.794. The zero-order valence-electron chi connectivity index (χ0n) is 6.29. The lowest BCUT2D eigenvalue weighted by Crippen LogP contribution is -2.21. The van der Waals surface area contributed by atoms with Gasteiger partial charge in [0.05, 0.1) is 6.04 Å². The van der Waals surface area contributed by atoms with E-state index in [0.29, 0.717) is 6.04 Å². The molecule has 1 fully saturated rings. The molecule has 3 nitrogen and oxygen atoms in total. The number of ether oxygens (including phenoxy) is 1. The van der Waals surface area contributed by atoms with Crippen molar-refractivity contribution in [2.24, 2.45) is 0 Å². The summed E-state index contributed by atoms with van der Waals surface area (Å²) in [4.78, 5) is 2.02. The summed E-state index contributed by atoms with van der Waals surface area (Å²) in [5, 5.41) is 6.82. The normalized spacial score (nSPS) is 28.8. The molecule has 0 aromatic carbocycles. The van der Waals surface area contributed by atoms with Gasteiger partial charge in [-0.2, -0.15) is 0 Å². The van der Waals surface area contributed by atoms with Gasteiger partial charge in [0.1, 0.15) is 6.61 Å². The zero-order chi connectivity index (χ0) is 7.56. The second-order valence-electron chi connectivity index (χ2n) is 2.44. The molecule has 0 radical (unpaired) electrons. The Labute approximate surface area is 60.8 Å². The van der Waals surface area contributed by atoms with Crippen LogP contribution < -0.4 is 0 Å². The molecule has 0 bridgehead atoms. The van der Waals surface area contributed by atoms with Crippen LogP contribution in [0, 0.1) is 5.41 Å². The molecule has 0 amide bonds. The van der Waals surface area contributed by atoms with E-state index in [1.165, 1.54) is 6.21 Å². The molecule has 1 aliphatic rings. The average molecular weight is 140 g/mol. The Morgan fingerprint density at radius 1 is 1.80 bits per heavy atom. The molecule has 0 aromatic heterocycles. The van der Waals surface area contributed by atoms with Crippen LogP contribution in [-0.4, -0.2) is 30.8 Å². The first-order chi connectivity index (χ1) is 4.75. The van der Waals surface area contributed by atoms with Crippen LogP contribution in [-0.2, 0) is 4.74 Å². The van der Waals surface area contributed by atoms with Crippen LogP contribution in [0.25, 0.3) is 0 Å². The van der Waals surface area contributed by atoms with E-state index in [1.54, 1.807) is 6.08 Å².